The van der Waals surface area contributed by atoms with Crippen LogP contribution in [-0.4, -0.2) is 30.6 Å². The van der Waals surface area contributed by atoms with Crippen molar-refractivity contribution in [2.24, 2.45) is 0 Å². The molecule has 0 fully saturated rings. The normalized spacial score (nSPS) is 11.6. The van der Waals surface area contributed by atoms with E-state index in [1.54, 1.807) is 30.9 Å². The van der Waals surface area contributed by atoms with Crippen LogP contribution in [0.1, 0.15) is 51.4 Å². The van der Waals surface area contributed by atoms with Crippen molar-refractivity contribution in [1.29, 1.82) is 0 Å². The number of aryl methyl sites for hydroxylation is 1. The van der Waals surface area contributed by atoms with E-state index in [4.69, 9.17) is 0 Å². The zero-order valence-corrected chi connectivity index (χ0v) is 22.7. The van der Waals surface area contributed by atoms with Crippen LogP contribution < -0.4 is 5.32 Å². The van der Waals surface area contributed by atoms with Gasteiger partial charge in [0.05, 0.1) is 18.2 Å². The second-order valence-electron chi connectivity index (χ2n) is 10.4. The summed E-state index contributed by atoms with van der Waals surface area (Å²) in [5.74, 6) is 6.07. The lowest BCUT2D eigenvalue weighted by Gasteiger charge is -2.22. The highest BCUT2D eigenvalue weighted by atomic mass is 16.1. The Morgan fingerprint density at radius 1 is 1.13 bits per heavy atom. The molecule has 7 heteroatoms. The second kappa shape index (κ2) is 10.7. The van der Waals surface area contributed by atoms with Gasteiger partial charge in [-0.15, -0.1) is 0 Å². The molecule has 0 spiro atoms. The Morgan fingerprint density at radius 3 is 2.58 bits per heavy atom. The molecule has 3 heterocycles. The molecule has 0 bridgehead atoms. The molecule has 0 saturated carbocycles. The first kappa shape index (κ1) is 26.4. The maximum absolute atomic E-state index is 13.3. The number of amides is 1. The molecular formula is C31H32N6O. The summed E-state index contributed by atoms with van der Waals surface area (Å²) in [5.41, 5.74) is 7.14. The molecule has 38 heavy (non-hydrogen) atoms. The van der Waals surface area contributed by atoms with Gasteiger partial charge in [0.25, 0.3) is 5.91 Å². The first-order valence-corrected chi connectivity index (χ1v) is 12.3. The third-order valence-corrected chi connectivity index (χ3v) is 6.00. The summed E-state index contributed by atoms with van der Waals surface area (Å²) in [6, 6.07) is 7.99. The minimum absolute atomic E-state index is 0.110. The van der Waals surface area contributed by atoms with Crippen molar-refractivity contribution in [3.8, 4) is 17.5 Å². The van der Waals surface area contributed by atoms with E-state index in [1.807, 2.05) is 49.7 Å². The van der Waals surface area contributed by atoms with Crippen molar-refractivity contribution >= 4 is 22.6 Å². The fourth-order valence-electron chi connectivity index (χ4n) is 3.75. The lowest BCUT2D eigenvalue weighted by atomic mass is 9.86. The highest BCUT2D eigenvalue weighted by Gasteiger charge is 2.17. The highest BCUT2D eigenvalue weighted by molar-refractivity contribution is 6.06. The maximum Gasteiger partial charge on any atom is 0.255 e. The molecule has 0 atom stereocenters. The molecule has 4 rings (SSSR count). The van der Waals surface area contributed by atoms with Crippen molar-refractivity contribution in [3.05, 3.63) is 101 Å². The quantitative estimate of drug-likeness (QED) is 0.193. The van der Waals surface area contributed by atoms with Crippen LogP contribution in [0.5, 0.6) is 0 Å². The van der Waals surface area contributed by atoms with Gasteiger partial charge in [0.15, 0.2) is 5.65 Å². The summed E-state index contributed by atoms with van der Waals surface area (Å²) in [5, 5.41) is 10.8. The predicted molar refractivity (Wildman–Crippen MR) is 153 cm³/mol. The van der Waals surface area contributed by atoms with Gasteiger partial charge in [-0.1, -0.05) is 50.8 Å². The van der Waals surface area contributed by atoms with Crippen molar-refractivity contribution in [3.63, 3.8) is 0 Å². The Morgan fingerprint density at radius 2 is 1.92 bits per heavy atom. The number of hydrogen-bond acceptors (Lipinski definition) is 4. The average Bonchev–Trinajstić information content (AvgIpc) is 3.51. The first-order chi connectivity index (χ1) is 18.0. The Hall–Kier alpha value is -4.70. The largest absolute Gasteiger partial charge is 0.322 e. The van der Waals surface area contributed by atoms with Gasteiger partial charge in [0.2, 0.25) is 0 Å². The number of fused-ring (bicyclic) bond motifs is 1. The van der Waals surface area contributed by atoms with Gasteiger partial charge < -0.3 is 9.88 Å². The standard InChI is InChI=1S/C31H32N6O/c1-8-23(12-24(20(2)3)10-9-22-11-25-17-34-36-29(25)32-16-22)30(38)35-27-13-26(31(5,6)7)14-28(15-27)37-18-21(4)33-19-37/h8,11-19H,1H2,2-7H3,(H,35,38)(H,32,34,36)/b23-12+. The van der Waals surface area contributed by atoms with Crippen LogP contribution in [0.4, 0.5) is 5.69 Å². The molecule has 1 aromatic carbocycles. The summed E-state index contributed by atoms with van der Waals surface area (Å²) in [7, 11) is 0. The molecule has 4 aromatic rings. The van der Waals surface area contributed by atoms with E-state index in [0.717, 1.165) is 39.0 Å². The van der Waals surface area contributed by atoms with Crippen LogP contribution >= 0.6 is 0 Å². The lowest BCUT2D eigenvalue weighted by molar-refractivity contribution is -0.112. The predicted octanol–water partition coefficient (Wildman–Crippen LogP) is 6.19. The molecule has 2 N–H and O–H groups in total. The van der Waals surface area contributed by atoms with Crippen LogP contribution in [0.25, 0.3) is 16.7 Å². The van der Waals surface area contributed by atoms with Gasteiger partial charge in [0.1, 0.15) is 0 Å². The summed E-state index contributed by atoms with van der Waals surface area (Å²) in [6.07, 6.45) is 10.5. The second-order valence-corrected chi connectivity index (χ2v) is 10.4. The molecule has 0 radical (unpaired) electrons. The molecule has 7 nitrogen and oxygen atoms in total. The van der Waals surface area contributed by atoms with Gasteiger partial charge >= 0.3 is 0 Å². The smallest absolute Gasteiger partial charge is 0.255 e. The number of nitrogens with one attached hydrogen (secondary N) is 2. The van der Waals surface area contributed by atoms with Crippen molar-refractivity contribution < 1.29 is 4.79 Å². The minimum Gasteiger partial charge on any atom is -0.322 e. The Labute approximate surface area is 223 Å². The summed E-state index contributed by atoms with van der Waals surface area (Å²) < 4.78 is 1.96. The number of nitrogens with zero attached hydrogens (tertiary/aromatic N) is 4. The van der Waals surface area contributed by atoms with E-state index in [-0.39, 0.29) is 11.3 Å². The number of allylic oxidation sites excluding steroid dienone is 3. The summed E-state index contributed by atoms with van der Waals surface area (Å²) in [4.78, 5) is 22.0. The third-order valence-electron chi connectivity index (χ3n) is 6.00. The number of carbonyl (C=O) groups is 1. The number of anilines is 1. The average molecular weight is 505 g/mol. The number of aromatic amines is 1. The molecule has 0 saturated heterocycles. The van der Waals surface area contributed by atoms with E-state index in [9.17, 15) is 4.79 Å². The number of rotatable bonds is 5. The number of H-pyrrole nitrogens is 1. The number of hydrogen-bond donors (Lipinski definition) is 2. The maximum atomic E-state index is 13.3. The van der Waals surface area contributed by atoms with E-state index in [1.165, 1.54) is 0 Å². The first-order valence-electron chi connectivity index (χ1n) is 12.3. The summed E-state index contributed by atoms with van der Waals surface area (Å²) in [6.45, 7) is 16.2. The van der Waals surface area contributed by atoms with E-state index in [2.05, 4.69) is 70.7 Å². The molecule has 0 aliphatic carbocycles. The van der Waals surface area contributed by atoms with Gasteiger partial charge in [0, 0.05) is 45.9 Å². The van der Waals surface area contributed by atoms with E-state index in [0.29, 0.717) is 16.9 Å². The molecule has 0 aliphatic rings. The fraction of sp³-hybridized carbons (Fsp3) is 0.226. The third kappa shape index (κ3) is 6.16. The Balaban J connectivity index is 1.63. The SMILES string of the molecule is C=C/C(=C\C(C#Cc1cnc2[nH]ncc2c1)=C(C)C)C(=O)Nc1cc(-n2cnc(C)c2)cc(C(C)(C)C)c1. The van der Waals surface area contributed by atoms with Crippen LogP contribution in [0, 0.1) is 18.8 Å². The molecule has 0 aliphatic heterocycles. The summed E-state index contributed by atoms with van der Waals surface area (Å²) >= 11 is 0. The topological polar surface area (TPSA) is 88.5 Å². The van der Waals surface area contributed by atoms with Crippen LogP contribution in [-0.2, 0) is 10.2 Å². The zero-order chi connectivity index (χ0) is 27.4. The minimum atomic E-state index is -0.263. The molecule has 1 amide bonds. The van der Waals surface area contributed by atoms with Crippen molar-refractivity contribution in [2.45, 2.75) is 47.0 Å². The van der Waals surface area contributed by atoms with E-state index >= 15 is 0 Å². The lowest BCUT2D eigenvalue weighted by Crippen LogP contribution is -2.16. The Bertz CT molecular complexity index is 1640. The number of carbonyl (C=O) groups excluding carboxylic acids is 1. The van der Waals surface area contributed by atoms with Gasteiger partial charge in [-0.25, -0.2) is 9.97 Å². The number of aromatic nitrogens is 5. The monoisotopic (exact) mass is 504 g/mol. The van der Waals surface area contributed by atoms with Gasteiger partial charge in [-0.05, 0) is 62.1 Å². The van der Waals surface area contributed by atoms with E-state index < -0.39 is 0 Å². The van der Waals surface area contributed by atoms with Crippen molar-refractivity contribution in [2.75, 3.05) is 5.32 Å². The van der Waals surface area contributed by atoms with Gasteiger partial charge in [-0.2, -0.15) is 5.10 Å². The van der Waals surface area contributed by atoms with Crippen LogP contribution in [0.2, 0.25) is 0 Å². The fourth-order valence-corrected chi connectivity index (χ4v) is 3.75. The molecule has 192 valence electrons. The molecular weight excluding hydrogens is 472 g/mol. The van der Waals surface area contributed by atoms with Crippen LogP contribution in [0.15, 0.2) is 84.6 Å². The van der Waals surface area contributed by atoms with Crippen molar-refractivity contribution in [1.82, 2.24) is 24.7 Å². The zero-order valence-electron chi connectivity index (χ0n) is 22.7. The van der Waals surface area contributed by atoms with Crippen LogP contribution in [0.3, 0.4) is 0 Å². The number of pyridine rings is 1. The number of benzene rings is 1. The number of imidazole rings is 1. The molecule has 0 unspecified atom stereocenters. The highest BCUT2D eigenvalue weighted by Crippen LogP contribution is 2.28. The van der Waals surface area contributed by atoms with Gasteiger partial charge in [-0.3, -0.25) is 9.89 Å². The molecule has 3 aromatic heterocycles. The Kier molecular flexibility index (Phi) is 7.45.